The van der Waals surface area contributed by atoms with Gasteiger partial charge >= 0.3 is 0 Å². The van der Waals surface area contributed by atoms with Crippen LogP contribution in [0.4, 0.5) is 13.9 Å². The normalized spacial score (nSPS) is 21.4. The number of nitrogens with zero attached hydrogens (tertiary/aromatic N) is 5. The van der Waals surface area contributed by atoms with Gasteiger partial charge in [0.15, 0.2) is 5.96 Å². The number of rotatable bonds is 5. The molecule has 2 unspecified atom stereocenters. The molecule has 1 aromatic carbocycles. The third-order valence-corrected chi connectivity index (χ3v) is 6.22. The minimum Gasteiger partial charge on any atom is -0.353 e. The van der Waals surface area contributed by atoms with E-state index in [4.69, 9.17) is 0 Å². The van der Waals surface area contributed by atoms with Crippen LogP contribution >= 0.6 is 35.5 Å². The van der Waals surface area contributed by atoms with Crippen LogP contribution in [0.3, 0.4) is 0 Å². The van der Waals surface area contributed by atoms with Crippen LogP contribution in [0.5, 0.6) is 0 Å². The van der Waals surface area contributed by atoms with Gasteiger partial charge in [-0.05, 0) is 25.5 Å². The summed E-state index contributed by atoms with van der Waals surface area (Å²) in [6.07, 6.45) is 1.56. The minimum atomic E-state index is -0.467. The van der Waals surface area contributed by atoms with E-state index in [0.29, 0.717) is 13.0 Å². The van der Waals surface area contributed by atoms with Gasteiger partial charge in [0.2, 0.25) is 5.13 Å². The molecule has 2 atom stereocenters. The summed E-state index contributed by atoms with van der Waals surface area (Å²) in [5.74, 6) is 0.634. The van der Waals surface area contributed by atoms with E-state index < -0.39 is 11.6 Å². The van der Waals surface area contributed by atoms with Crippen molar-refractivity contribution in [1.82, 2.24) is 19.6 Å². The van der Waals surface area contributed by atoms with Gasteiger partial charge in [-0.3, -0.25) is 4.99 Å². The molecule has 30 heavy (non-hydrogen) atoms. The topological polar surface area (TPSA) is 56.7 Å². The van der Waals surface area contributed by atoms with Gasteiger partial charge in [0.1, 0.15) is 17.5 Å². The van der Waals surface area contributed by atoms with Gasteiger partial charge in [0, 0.05) is 68.2 Å². The Morgan fingerprint density at radius 2 is 1.90 bits per heavy atom. The highest BCUT2D eigenvalue weighted by Crippen LogP contribution is 2.43. The summed E-state index contributed by atoms with van der Waals surface area (Å²) < 4.78 is 32.5. The Hall–Kier alpha value is -1.56. The van der Waals surface area contributed by atoms with Crippen molar-refractivity contribution in [3.63, 3.8) is 0 Å². The van der Waals surface area contributed by atoms with Crippen LogP contribution in [0.15, 0.2) is 23.2 Å². The maximum Gasteiger partial charge on any atom is 0.205 e. The fourth-order valence-electron chi connectivity index (χ4n) is 3.72. The number of anilines is 1. The van der Waals surface area contributed by atoms with Crippen LogP contribution in [-0.4, -0.2) is 59.0 Å². The van der Waals surface area contributed by atoms with Crippen LogP contribution in [0.1, 0.15) is 37.6 Å². The molecule has 10 heteroatoms. The zero-order valence-electron chi connectivity index (χ0n) is 17.1. The summed E-state index contributed by atoms with van der Waals surface area (Å²) in [5, 5.41) is 4.40. The van der Waals surface area contributed by atoms with Crippen molar-refractivity contribution in [3.05, 3.63) is 41.2 Å². The number of hydrogen-bond donors (Lipinski definition) is 1. The second kappa shape index (κ2) is 10.2. The molecule has 1 saturated carbocycles. The number of benzene rings is 1. The van der Waals surface area contributed by atoms with E-state index in [2.05, 4.69) is 36.4 Å². The number of aryl methyl sites for hydroxylation is 1. The van der Waals surface area contributed by atoms with Crippen LogP contribution in [0.2, 0.25) is 0 Å². The average Bonchev–Trinajstić information content (AvgIpc) is 3.29. The van der Waals surface area contributed by atoms with Crippen LogP contribution < -0.4 is 10.2 Å². The second-order valence-electron chi connectivity index (χ2n) is 7.35. The van der Waals surface area contributed by atoms with Crippen molar-refractivity contribution in [3.8, 4) is 0 Å². The molecule has 164 valence electrons. The maximum atomic E-state index is 14.1. The van der Waals surface area contributed by atoms with E-state index in [0.717, 1.165) is 49.5 Å². The van der Waals surface area contributed by atoms with Crippen molar-refractivity contribution in [2.24, 2.45) is 4.99 Å². The summed E-state index contributed by atoms with van der Waals surface area (Å²) in [6.45, 7) is 8.03. The molecular formula is C20H27F2IN6S. The Bertz CT molecular complexity index is 864. The Morgan fingerprint density at radius 3 is 2.50 bits per heavy atom. The molecule has 2 aliphatic rings. The molecule has 0 amide bonds. The number of nitrogens with one attached hydrogen (secondary N) is 1. The van der Waals surface area contributed by atoms with Gasteiger partial charge in [-0.2, -0.15) is 4.37 Å². The third-order valence-electron chi connectivity index (χ3n) is 5.41. The van der Waals surface area contributed by atoms with Crippen LogP contribution in [-0.2, 0) is 6.42 Å². The lowest BCUT2D eigenvalue weighted by Crippen LogP contribution is -2.53. The Labute approximate surface area is 197 Å². The lowest BCUT2D eigenvalue weighted by molar-refractivity contribution is 0.371. The minimum absolute atomic E-state index is 0. The van der Waals surface area contributed by atoms with Crippen LogP contribution in [0.25, 0.3) is 0 Å². The lowest BCUT2D eigenvalue weighted by atomic mass is 10.1. The first kappa shape index (κ1) is 23.1. The lowest BCUT2D eigenvalue weighted by Gasteiger charge is -2.36. The van der Waals surface area contributed by atoms with E-state index >= 15 is 0 Å². The quantitative estimate of drug-likeness (QED) is 0.352. The maximum absolute atomic E-state index is 14.1. The van der Waals surface area contributed by atoms with Crippen molar-refractivity contribution in [2.45, 2.75) is 38.6 Å². The summed E-state index contributed by atoms with van der Waals surface area (Å²) in [6, 6.07) is 4.07. The summed E-state index contributed by atoms with van der Waals surface area (Å²) in [4.78, 5) is 13.7. The molecule has 1 aliphatic carbocycles. The fraction of sp³-hybridized carbons (Fsp3) is 0.550. The molecule has 2 aromatic rings. The standard InChI is InChI=1S/C20H26F2N6S.HI/c1-3-17-25-20(29-26-17)28-10-8-27(9-11-28)19(23-4-2)24-16-12-13(16)18-14(21)6-5-7-15(18)22;/h5-7,13,16H,3-4,8-12H2,1-2H3,(H,23,24);1H. The molecule has 2 heterocycles. The molecule has 6 nitrogen and oxygen atoms in total. The predicted octanol–water partition coefficient (Wildman–Crippen LogP) is 3.64. The Morgan fingerprint density at radius 1 is 1.20 bits per heavy atom. The number of piperazine rings is 1. The number of hydrogen-bond acceptors (Lipinski definition) is 5. The zero-order valence-corrected chi connectivity index (χ0v) is 20.3. The molecule has 0 bridgehead atoms. The fourth-order valence-corrected chi connectivity index (χ4v) is 4.52. The monoisotopic (exact) mass is 548 g/mol. The Kier molecular flexibility index (Phi) is 7.83. The first-order chi connectivity index (χ1) is 14.1. The molecule has 0 spiro atoms. The largest absolute Gasteiger partial charge is 0.353 e. The van der Waals surface area contributed by atoms with E-state index in [-0.39, 0.29) is 41.5 Å². The Balaban J connectivity index is 0.00000256. The number of aromatic nitrogens is 2. The molecule has 1 aromatic heterocycles. The van der Waals surface area contributed by atoms with Crippen molar-refractivity contribution in [1.29, 1.82) is 0 Å². The van der Waals surface area contributed by atoms with Crippen molar-refractivity contribution >= 4 is 46.6 Å². The smallest absolute Gasteiger partial charge is 0.205 e. The number of halogens is 3. The highest BCUT2D eigenvalue weighted by atomic mass is 127. The molecular weight excluding hydrogens is 521 g/mol. The first-order valence-corrected chi connectivity index (χ1v) is 10.9. The molecule has 1 aliphatic heterocycles. The predicted molar refractivity (Wildman–Crippen MR) is 127 cm³/mol. The zero-order chi connectivity index (χ0) is 20.4. The summed E-state index contributed by atoms with van der Waals surface area (Å²) >= 11 is 1.45. The van der Waals surface area contributed by atoms with E-state index in [1.807, 2.05) is 6.92 Å². The molecule has 2 fully saturated rings. The first-order valence-electron chi connectivity index (χ1n) is 10.2. The average molecular weight is 548 g/mol. The van der Waals surface area contributed by atoms with Crippen molar-refractivity contribution in [2.75, 3.05) is 37.6 Å². The van der Waals surface area contributed by atoms with Gasteiger partial charge in [-0.15, -0.1) is 24.0 Å². The van der Waals surface area contributed by atoms with Crippen molar-refractivity contribution < 1.29 is 8.78 Å². The van der Waals surface area contributed by atoms with E-state index in [1.54, 1.807) is 0 Å². The second-order valence-corrected chi connectivity index (χ2v) is 8.08. The highest BCUT2D eigenvalue weighted by Gasteiger charge is 2.43. The van der Waals surface area contributed by atoms with Crippen LogP contribution in [0, 0.1) is 11.6 Å². The highest BCUT2D eigenvalue weighted by molar-refractivity contribution is 14.0. The summed E-state index contributed by atoms with van der Waals surface area (Å²) in [5.41, 5.74) is 0.189. The van der Waals surface area contributed by atoms with Gasteiger partial charge in [-0.1, -0.05) is 13.0 Å². The SMILES string of the molecule is CCN=C(NC1CC1c1c(F)cccc1F)N1CCN(c2nc(CC)ns2)CC1.I. The van der Waals surface area contributed by atoms with E-state index in [1.165, 1.54) is 29.7 Å². The molecule has 4 rings (SSSR count). The number of guanidine groups is 1. The van der Waals surface area contributed by atoms with Gasteiger partial charge in [0.25, 0.3) is 0 Å². The summed E-state index contributed by atoms with van der Waals surface area (Å²) in [7, 11) is 0. The molecule has 1 N–H and O–H groups in total. The van der Waals surface area contributed by atoms with E-state index in [9.17, 15) is 8.78 Å². The van der Waals surface area contributed by atoms with Gasteiger partial charge in [-0.25, -0.2) is 13.8 Å². The molecule has 1 saturated heterocycles. The van der Waals surface area contributed by atoms with Gasteiger partial charge in [0.05, 0.1) is 0 Å². The van der Waals surface area contributed by atoms with Gasteiger partial charge < -0.3 is 15.1 Å². The number of aliphatic imine (C=N–C) groups is 1. The molecule has 0 radical (unpaired) electrons. The third kappa shape index (κ3) is 5.01.